The minimum atomic E-state index is 0.0529. The minimum absolute atomic E-state index is 0.0529. The topological polar surface area (TPSA) is 42.0 Å². The van der Waals surface area contributed by atoms with E-state index in [1.807, 2.05) is 24.0 Å². The SMILES string of the molecule is CCOc1ccc(C(=O)N2CCN(Cc3cccs3)CC2)cc1OC. The van der Waals surface area contributed by atoms with E-state index in [2.05, 4.69) is 22.4 Å². The van der Waals surface area contributed by atoms with Crippen LogP contribution in [0.2, 0.25) is 0 Å². The van der Waals surface area contributed by atoms with Crippen LogP contribution in [0.3, 0.4) is 0 Å². The number of benzene rings is 1. The lowest BCUT2D eigenvalue weighted by molar-refractivity contribution is 0.0629. The van der Waals surface area contributed by atoms with Crippen LogP contribution < -0.4 is 9.47 Å². The number of hydrogen-bond acceptors (Lipinski definition) is 5. The molecular formula is C19H24N2O3S. The number of carbonyl (C=O) groups excluding carboxylic acids is 1. The summed E-state index contributed by atoms with van der Waals surface area (Å²) in [5, 5.41) is 2.11. The second kappa shape index (κ2) is 8.36. The van der Waals surface area contributed by atoms with Gasteiger partial charge in [-0.2, -0.15) is 0 Å². The summed E-state index contributed by atoms with van der Waals surface area (Å²) in [7, 11) is 1.59. The standard InChI is InChI=1S/C19H24N2O3S/c1-3-24-17-7-6-15(13-18(17)23-2)19(22)21-10-8-20(9-11-21)14-16-5-4-12-25-16/h4-7,12-13H,3,8-11,14H2,1-2H3. The van der Waals surface area contributed by atoms with Crippen LogP contribution in [0, 0.1) is 0 Å². The van der Waals surface area contributed by atoms with Crippen molar-refractivity contribution in [1.82, 2.24) is 9.80 Å². The molecule has 1 aliphatic rings. The molecule has 0 unspecified atom stereocenters. The Bertz CT molecular complexity index is 695. The summed E-state index contributed by atoms with van der Waals surface area (Å²) in [4.78, 5) is 18.5. The lowest BCUT2D eigenvalue weighted by Crippen LogP contribution is -2.48. The zero-order chi connectivity index (χ0) is 17.6. The third kappa shape index (κ3) is 4.32. The lowest BCUT2D eigenvalue weighted by Gasteiger charge is -2.34. The molecule has 1 saturated heterocycles. The molecule has 2 heterocycles. The van der Waals surface area contributed by atoms with Gasteiger partial charge < -0.3 is 14.4 Å². The molecule has 25 heavy (non-hydrogen) atoms. The van der Waals surface area contributed by atoms with Gasteiger partial charge in [0.05, 0.1) is 13.7 Å². The molecule has 0 saturated carbocycles. The fourth-order valence-electron chi connectivity index (χ4n) is 2.99. The van der Waals surface area contributed by atoms with E-state index in [0.717, 1.165) is 32.7 Å². The van der Waals surface area contributed by atoms with Crippen molar-refractivity contribution in [3.05, 3.63) is 46.2 Å². The predicted octanol–water partition coefficient (Wildman–Crippen LogP) is 3.11. The van der Waals surface area contributed by atoms with Gasteiger partial charge >= 0.3 is 0 Å². The highest BCUT2D eigenvalue weighted by Gasteiger charge is 2.23. The first-order valence-corrected chi connectivity index (χ1v) is 9.44. The van der Waals surface area contributed by atoms with Gasteiger partial charge in [-0.25, -0.2) is 0 Å². The van der Waals surface area contributed by atoms with E-state index >= 15 is 0 Å². The van der Waals surface area contributed by atoms with Crippen LogP contribution in [0.1, 0.15) is 22.2 Å². The van der Waals surface area contributed by atoms with Gasteiger partial charge in [0.1, 0.15) is 0 Å². The summed E-state index contributed by atoms with van der Waals surface area (Å²) < 4.78 is 10.9. The van der Waals surface area contributed by atoms with Crippen molar-refractivity contribution in [3.8, 4) is 11.5 Å². The van der Waals surface area contributed by atoms with Gasteiger partial charge in [-0.3, -0.25) is 9.69 Å². The van der Waals surface area contributed by atoms with Crippen molar-refractivity contribution in [3.63, 3.8) is 0 Å². The van der Waals surface area contributed by atoms with Crippen LogP contribution >= 0.6 is 11.3 Å². The van der Waals surface area contributed by atoms with Crippen LogP contribution in [0.25, 0.3) is 0 Å². The largest absolute Gasteiger partial charge is 0.493 e. The Labute approximate surface area is 152 Å². The van der Waals surface area contributed by atoms with Gasteiger partial charge in [0.25, 0.3) is 5.91 Å². The molecule has 2 aromatic rings. The molecule has 5 nitrogen and oxygen atoms in total. The molecular weight excluding hydrogens is 336 g/mol. The van der Waals surface area contributed by atoms with Crippen LogP contribution in [0.5, 0.6) is 11.5 Å². The number of methoxy groups -OCH3 is 1. The molecule has 0 spiro atoms. The van der Waals surface area contributed by atoms with E-state index in [1.165, 1.54) is 4.88 Å². The van der Waals surface area contributed by atoms with Gasteiger partial charge in [-0.15, -0.1) is 11.3 Å². The number of hydrogen-bond donors (Lipinski definition) is 0. The summed E-state index contributed by atoms with van der Waals surface area (Å²) in [6.45, 7) is 6.76. The van der Waals surface area contributed by atoms with Crippen molar-refractivity contribution in [1.29, 1.82) is 0 Å². The van der Waals surface area contributed by atoms with E-state index < -0.39 is 0 Å². The maximum Gasteiger partial charge on any atom is 0.254 e. The predicted molar refractivity (Wildman–Crippen MR) is 99.7 cm³/mol. The Morgan fingerprint density at radius 2 is 1.96 bits per heavy atom. The first kappa shape index (κ1) is 17.8. The highest BCUT2D eigenvalue weighted by molar-refractivity contribution is 7.09. The van der Waals surface area contributed by atoms with E-state index in [-0.39, 0.29) is 5.91 Å². The Balaban J connectivity index is 1.60. The molecule has 1 aromatic heterocycles. The molecule has 1 aromatic carbocycles. The average molecular weight is 360 g/mol. The summed E-state index contributed by atoms with van der Waals surface area (Å²) in [6.07, 6.45) is 0. The lowest BCUT2D eigenvalue weighted by atomic mass is 10.1. The molecule has 1 amide bonds. The molecule has 0 aliphatic carbocycles. The van der Waals surface area contributed by atoms with E-state index in [9.17, 15) is 4.79 Å². The molecule has 6 heteroatoms. The summed E-state index contributed by atoms with van der Waals surface area (Å²) in [6, 6.07) is 9.63. The van der Waals surface area contributed by atoms with E-state index in [4.69, 9.17) is 9.47 Å². The Morgan fingerprint density at radius 1 is 1.16 bits per heavy atom. The van der Waals surface area contributed by atoms with Crippen molar-refractivity contribution in [2.24, 2.45) is 0 Å². The number of amides is 1. The van der Waals surface area contributed by atoms with Crippen LogP contribution in [-0.4, -0.2) is 55.6 Å². The number of ether oxygens (including phenoxy) is 2. The smallest absolute Gasteiger partial charge is 0.254 e. The van der Waals surface area contributed by atoms with Crippen LogP contribution in [0.4, 0.5) is 0 Å². The Morgan fingerprint density at radius 3 is 2.60 bits per heavy atom. The number of thiophene rings is 1. The van der Waals surface area contributed by atoms with Crippen molar-refractivity contribution >= 4 is 17.2 Å². The molecule has 0 N–H and O–H groups in total. The minimum Gasteiger partial charge on any atom is -0.493 e. The van der Waals surface area contributed by atoms with Gasteiger partial charge in [0.2, 0.25) is 0 Å². The normalized spacial score (nSPS) is 15.2. The van der Waals surface area contributed by atoms with Gasteiger partial charge in [0.15, 0.2) is 11.5 Å². The van der Waals surface area contributed by atoms with Crippen molar-refractivity contribution in [2.75, 3.05) is 39.9 Å². The first-order chi connectivity index (χ1) is 12.2. The molecule has 1 aliphatic heterocycles. The summed E-state index contributed by atoms with van der Waals surface area (Å²) in [5.74, 6) is 1.32. The molecule has 1 fully saturated rings. The van der Waals surface area contributed by atoms with E-state index in [0.29, 0.717) is 23.7 Å². The van der Waals surface area contributed by atoms with Gasteiger partial charge in [0, 0.05) is 43.2 Å². The molecule has 0 radical (unpaired) electrons. The fraction of sp³-hybridized carbons (Fsp3) is 0.421. The third-order valence-corrected chi connectivity index (χ3v) is 5.19. The number of carbonyl (C=O) groups is 1. The molecule has 0 bridgehead atoms. The Kier molecular flexibility index (Phi) is 5.94. The Hall–Kier alpha value is -2.05. The van der Waals surface area contributed by atoms with Crippen molar-refractivity contribution < 1.29 is 14.3 Å². The fourth-order valence-corrected chi connectivity index (χ4v) is 3.74. The van der Waals surface area contributed by atoms with E-state index in [1.54, 1.807) is 24.5 Å². The van der Waals surface area contributed by atoms with Gasteiger partial charge in [-0.05, 0) is 36.6 Å². The second-order valence-corrected chi connectivity index (χ2v) is 6.98. The zero-order valence-corrected chi connectivity index (χ0v) is 15.6. The second-order valence-electron chi connectivity index (χ2n) is 5.95. The monoisotopic (exact) mass is 360 g/mol. The number of nitrogens with zero attached hydrogens (tertiary/aromatic N) is 2. The molecule has 0 atom stereocenters. The number of piperazine rings is 1. The average Bonchev–Trinajstić information content (AvgIpc) is 3.15. The highest BCUT2D eigenvalue weighted by atomic mass is 32.1. The van der Waals surface area contributed by atoms with Crippen LogP contribution in [-0.2, 0) is 6.54 Å². The summed E-state index contributed by atoms with van der Waals surface area (Å²) >= 11 is 1.78. The van der Waals surface area contributed by atoms with Crippen LogP contribution in [0.15, 0.2) is 35.7 Å². The van der Waals surface area contributed by atoms with Gasteiger partial charge in [-0.1, -0.05) is 6.07 Å². The third-order valence-electron chi connectivity index (χ3n) is 4.33. The zero-order valence-electron chi connectivity index (χ0n) is 14.7. The first-order valence-electron chi connectivity index (χ1n) is 8.56. The summed E-state index contributed by atoms with van der Waals surface area (Å²) in [5.41, 5.74) is 0.645. The highest BCUT2D eigenvalue weighted by Crippen LogP contribution is 2.28. The maximum absolute atomic E-state index is 12.8. The quantitative estimate of drug-likeness (QED) is 0.794. The molecule has 3 rings (SSSR count). The van der Waals surface area contributed by atoms with Crippen molar-refractivity contribution in [2.45, 2.75) is 13.5 Å². The molecule has 134 valence electrons. The maximum atomic E-state index is 12.8. The number of rotatable bonds is 6.